The summed E-state index contributed by atoms with van der Waals surface area (Å²) < 4.78 is 0. The SMILES string of the molecule is C1CNCCC(NC2CC3CC2C2CCCC32)C1. The van der Waals surface area contributed by atoms with Crippen LogP contribution in [0.4, 0.5) is 0 Å². The summed E-state index contributed by atoms with van der Waals surface area (Å²) in [5.74, 6) is 4.41. The first-order valence-electron chi connectivity index (χ1n) is 8.38. The van der Waals surface area contributed by atoms with E-state index in [1.165, 1.54) is 45.2 Å². The Kier molecular flexibility index (Phi) is 3.12. The molecular formula is C16H28N2. The van der Waals surface area contributed by atoms with Crippen molar-refractivity contribution in [2.75, 3.05) is 13.1 Å². The zero-order valence-corrected chi connectivity index (χ0v) is 11.5. The van der Waals surface area contributed by atoms with Crippen molar-refractivity contribution in [1.29, 1.82) is 0 Å². The number of rotatable bonds is 2. The molecule has 2 heteroatoms. The Morgan fingerprint density at radius 3 is 2.72 bits per heavy atom. The van der Waals surface area contributed by atoms with Crippen LogP contribution >= 0.6 is 0 Å². The van der Waals surface area contributed by atoms with Crippen molar-refractivity contribution in [2.24, 2.45) is 23.7 Å². The molecule has 2 N–H and O–H groups in total. The highest BCUT2D eigenvalue weighted by Crippen LogP contribution is 2.58. The molecule has 4 fully saturated rings. The first-order valence-corrected chi connectivity index (χ1v) is 8.38. The van der Waals surface area contributed by atoms with Gasteiger partial charge in [0.05, 0.1) is 0 Å². The summed E-state index contributed by atoms with van der Waals surface area (Å²) in [6, 6.07) is 1.70. The average molecular weight is 248 g/mol. The Balaban J connectivity index is 1.38. The molecule has 0 amide bonds. The molecule has 4 rings (SSSR count). The Hall–Kier alpha value is -0.0800. The van der Waals surface area contributed by atoms with Gasteiger partial charge in [-0.2, -0.15) is 0 Å². The lowest BCUT2D eigenvalue weighted by Gasteiger charge is -2.34. The summed E-state index contributed by atoms with van der Waals surface area (Å²) in [6.45, 7) is 2.46. The van der Waals surface area contributed by atoms with Crippen LogP contribution in [0.25, 0.3) is 0 Å². The second kappa shape index (κ2) is 4.79. The fourth-order valence-electron chi connectivity index (χ4n) is 5.75. The predicted molar refractivity (Wildman–Crippen MR) is 74.5 cm³/mol. The van der Waals surface area contributed by atoms with Gasteiger partial charge in [0.25, 0.3) is 0 Å². The minimum atomic E-state index is 0.809. The van der Waals surface area contributed by atoms with Gasteiger partial charge < -0.3 is 10.6 Å². The van der Waals surface area contributed by atoms with Crippen molar-refractivity contribution in [3.8, 4) is 0 Å². The minimum Gasteiger partial charge on any atom is -0.317 e. The molecule has 0 aromatic carbocycles. The van der Waals surface area contributed by atoms with Gasteiger partial charge in [-0.25, -0.2) is 0 Å². The van der Waals surface area contributed by atoms with Crippen LogP contribution in [-0.4, -0.2) is 25.2 Å². The third-order valence-corrected chi connectivity index (χ3v) is 6.45. The van der Waals surface area contributed by atoms with Gasteiger partial charge in [0.2, 0.25) is 0 Å². The van der Waals surface area contributed by atoms with Gasteiger partial charge in [0, 0.05) is 12.1 Å². The molecule has 4 aliphatic rings. The van der Waals surface area contributed by atoms with E-state index in [2.05, 4.69) is 10.6 Å². The maximum absolute atomic E-state index is 4.06. The van der Waals surface area contributed by atoms with Gasteiger partial charge in [0.1, 0.15) is 0 Å². The van der Waals surface area contributed by atoms with Crippen LogP contribution in [0.3, 0.4) is 0 Å². The maximum atomic E-state index is 4.06. The van der Waals surface area contributed by atoms with Crippen LogP contribution in [0.2, 0.25) is 0 Å². The number of fused-ring (bicyclic) bond motifs is 5. The van der Waals surface area contributed by atoms with Gasteiger partial charge in [-0.1, -0.05) is 6.42 Å². The molecule has 0 aromatic rings. The third kappa shape index (κ3) is 1.92. The lowest BCUT2D eigenvalue weighted by atomic mass is 9.79. The van der Waals surface area contributed by atoms with Crippen molar-refractivity contribution < 1.29 is 0 Å². The van der Waals surface area contributed by atoms with Crippen LogP contribution in [0.15, 0.2) is 0 Å². The van der Waals surface area contributed by atoms with Gasteiger partial charge in [-0.15, -0.1) is 0 Å². The Labute approximate surface area is 111 Å². The summed E-state index contributed by atoms with van der Waals surface area (Å²) in [6.07, 6.45) is 11.8. The molecule has 6 unspecified atom stereocenters. The van der Waals surface area contributed by atoms with E-state index in [-0.39, 0.29) is 0 Å². The van der Waals surface area contributed by atoms with Crippen LogP contribution < -0.4 is 10.6 Å². The molecule has 3 aliphatic carbocycles. The highest BCUT2D eigenvalue weighted by Gasteiger charge is 2.53. The summed E-state index contributed by atoms with van der Waals surface area (Å²) in [5, 5.41) is 7.59. The summed E-state index contributed by atoms with van der Waals surface area (Å²) in [7, 11) is 0. The van der Waals surface area contributed by atoms with Crippen molar-refractivity contribution in [3.05, 3.63) is 0 Å². The minimum absolute atomic E-state index is 0.809. The normalized spacial score (nSPS) is 51.3. The lowest BCUT2D eigenvalue weighted by molar-refractivity contribution is 0.194. The predicted octanol–water partition coefficient (Wildman–Crippen LogP) is 2.54. The Morgan fingerprint density at radius 2 is 1.72 bits per heavy atom. The molecule has 1 saturated heterocycles. The zero-order chi connectivity index (χ0) is 11.9. The largest absolute Gasteiger partial charge is 0.317 e. The smallest absolute Gasteiger partial charge is 0.0103 e. The molecule has 2 nitrogen and oxygen atoms in total. The summed E-state index contributed by atoms with van der Waals surface area (Å²) in [5.41, 5.74) is 0. The zero-order valence-electron chi connectivity index (χ0n) is 11.5. The van der Waals surface area contributed by atoms with Gasteiger partial charge in [-0.05, 0) is 81.7 Å². The van der Waals surface area contributed by atoms with Crippen LogP contribution in [0.1, 0.15) is 51.4 Å². The fourth-order valence-corrected chi connectivity index (χ4v) is 5.75. The Morgan fingerprint density at radius 1 is 0.778 bits per heavy atom. The van der Waals surface area contributed by atoms with E-state index >= 15 is 0 Å². The molecule has 0 spiro atoms. The van der Waals surface area contributed by atoms with E-state index in [9.17, 15) is 0 Å². The van der Waals surface area contributed by atoms with Gasteiger partial charge in [-0.3, -0.25) is 0 Å². The van der Waals surface area contributed by atoms with Crippen molar-refractivity contribution in [3.63, 3.8) is 0 Å². The molecule has 2 bridgehead atoms. The van der Waals surface area contributed by atoms with E-state index in [0.717, 1.165) is 35.8 Å². The van der Waals surface area contributed by atoms with Crippen molar-refractivity contribution in [2.45, 2.75) is 63.5 Å². The van der Waals surface area contributed by atoms with E-state index in [1.54, 1.807) is 19.3 Å². The average Bonchev–Trinajstić information content (AvgIpc) is 2.99. The lowest BCUT2D eigenvalue weighted by Crippen LogP contribution is -2.44. The number of hydrogen-bond donors (Lipinski definition) is 2. The molecule has 3 saturated carbocycles. The Bertz CT molecular complexity index is 295. The number of nitrogens with one attached hydrogen (secondary N) is 2. The third-order valence-electron chi connectivity index (χ3n) is 6.45. The van der Waals surface area contributed by atoms with Gasteiger partial charge in [0.15, 0.2) is 0 Å². The van der Waals surface area contributed by atoms with Gasteiger partial charge >= 0.3 is 0 Å². The van der Waals surface area contributed by atoms with Crippen LogP contribution in [0, 0.1) is 23.7 Å². The summed E-state index contributed by atoms with van der Waals surface area (Å²) >= 11 is 0. The van der Waals surface area contributed by atoms with E-state index in [0.29, 0.717) is 0 Å². The van der Waals surface area contributed by atoms with Crippen LogP contribution in [-0.2, 0) is 0 Å². The molecule has 18 heavy (non-hydrogen) atoms. The molecule has 0 aromatic heterocycles. The standard InChI is InChI=1S/C16H28N2/c1-4-13-11-9-15(14(13)5-1)16(10-11)18-12-3-2-7-17-8-6-12/h11-18H,1-10H2. The van der Waals surface area contributed by atoms with Crippen molar-refractivity contribution >= 4 is 0 Å². The van der Waals surface area contributed by atoms with E-state index < -0.39 is 0 Å². The second-order valence-electron chi connectivity index (χ2n) is 7.30. The fraction of sp³-hybridized carbons (Fsp3) is 1.00. The quantitative estimate of drug-likeness (QED) is 0.785. The maximum Gasteiger partial charge on any atom is 0.0103 e. The monoisotopic (exact) mass is 248 g/mol. The van der Waals surface area contributed by atoms with Crippen LogP contribution in [0.5, 0.6) is 0 Å². The molecule has 1 heterocycles. The molecule has 0 radical (unpaired) electrons. The number of hydrogen-bond acceptors (Lipinski definition) is 2. The van der Waals surface area contributed by atoms with E-state index in [4.69, 9.17) is 0 Å². The highest BCUT2D eigenvalue weighted by atomic mass is 15.0. The second-order valence-corrected chi connectivity index (χ2v) is 7.30. The van der Waals surface area contributed by atoms with Crippen molar-refractivity contribution in [1.82, 2.24) is 10.6 Å². The summed E-state index contributed by atoms with van der Waals surface area (Å²) in [4.78, 5) is 0. The first kappa shape index (κ1) is 11.7. The molecule has 6 atom stereocenters. The molecular weight excluding hydrogens is 220 g/mol. The first-order chi connectivity index (χ1) is 8.92. The highest BCUT2D eigenvalue weighted by molar-refractivity contribution is 5.06. The molecule has 102 valence electrons. The van der Waals surface area contributed by atoms with E-state index in [1.807, 2.05) is 0 Å². The topological polar surface area (TPSA) is 24.1 Å². The molecule has 1 aliphatic heterocycles.